The third kappa shape index (κ3) is 3.98. The average Bonchev–Trinajstić information content (AvgIpc) is 2.67. The van der Waals surface area contributed by atoms with Gasteiger partial charge in [0.2, 0.25) is 0 Å². The molecule has 0 atom stereocenters. The van der Waals surface area contributed by atoms with E-state index in [0.717, 1.165) is 16.8 Å². The summed E-state index contributed by atoms with van der Waals surface area (Å²) in [6.45, 7) is 2.48. The lowest BCUT2D eigenvalue weighted by Gasteiger charge is -2.21. The van der Waals surface area contributed by atoms with Crippen LogP contribution in [0.4, 0.5) is 5.69 Å². The molecule has 0 bridgehead atoms. The number of phenolic OH excluding ortho intramolecular Hbond substituents is 1. The van der Waals surface area contributed by atoms with Crippen molar-refractivity contribution in [3.8, 4) is 16.9 Å². The molecular formula is C21H19NO3. The third-order valence-corrected chi connectivity index (χ3v) is 3.85. The van der Waals surface area contributed by atoms with Gasteiger partial charge in [-0.15, -0.1) is 0 Å². The minimum Gasteiger partial charge on any atom is -0.508 e. The van der Waals surface area contributed by atoms with Gasteiger partial charge in [-0.1, -0.05) is 42.5 Å². The molecule has 0 radical (unpaired) electrons. The molecule has 0 unspecified atom stereocenters. The van der Waals surface area contributed by atoms with Crippen molar-refractivity contribution in [3.63, 3.8) is 0 Å². The van der Waals surface area contributed by atoms with Crippen LogP contribution in [0.2, 0.25) is 0 Å². The van der Waals surface area contributed by atoms with Crippen molar-refractivity contribution >= 4 is 11.7 Å². The van der Waals surface area contributed by atoms with Gasteiger partial charge in [0, 0.05) is 0 Å². The van der Waals surface area contributed by atoms with Crippen molar-refractivity contribution in [2.45, 2.75) is 6.92 Å². The predicted molar refractivity (Wildman–Crippen MR) is 98.4 cm³/mol. The molecule has 3 rings (SSSR count). The van der Waals surface area contributed by atoms with Gasteiger partial charge in [-0.05, 0) is 54.4 Å². The summed E-state index contributed by atoms with van der Waals surface area (Å²) in [5, 5.41) is 10.9. The van der Waals surface area contributed by atoms with Crippen LogP contribution in [0.3, 0.4) is 0 Å². The molecule has 126 valence electrons. The van der Waals surface area contributed by atoms with Gasteiger partial charge in [0.1, 0.15) is 5.75 Å². The molecule has 0 aliphatic heterocycles. The summed E-state index contributed by atoms with van der Waals surface area (Å²) in [7, 11) is 0. The maximum atomic E-state index is 12.4. The minimum atomic E-state index is -0.400. The van der Waals surface area contributed by atoms with E-state index in [9.17, 15) is 9.90 Å². The highest BCUT2D eigenvalue weighted by atomic mass is 16.7. The second-order valence-corrected chi connectivity index (χ2v) is 5.53. The number of anilines is 1. The van der Waals surface area contributed by atoms with Gasteiger partial charge in [0.25, 0.3) is 0 Å². The van der Waals surface area contributed by atoms with E-state index in [2.05, 4.69) is 0 Å². The molecule has 0 saturated heterocycles. The summed E-state index contributed by atoms with van der Waals surface area (Å²) in [5.41, 5.74) is 3.25. The lowest BCUT2D eigenvalue weighted by atomic mass is 10.0. The monoisotopic (exact) mass is 333 g/mol. The number of hydrogen-bond acceptors (Lipinski definition) is 4. The van der Waals surface area contributed by atoms with Crippen LogP contribution in [0.15, 0.2) is 78.9 Å². The van der Waals surface area contributed by atoms with E-state index < -0.39 is 5.97 Å². The standard InChI is InChI=1S/C21H19NO3/c1-2-22(19-6-4-3-5-7-19)25-21(24)18-10-8-16(9-11-18)17-12-14-20(23)15-13-17/h3-15,23H,2H2,1H3. The summed E-state index contributed by atoms with van der Waals surface area (Å²) in [4.78, 5) is 17.9. The fourth-order valence-electron chi connectivity index (χ4n) is 2.50. The summed E-state index contributed by atoms with van der Waals surface area (Å²) < 4.78 is 0. The Kier molecular flexibility index (Phi) is 5.00. The number of hydrogen-bond donors (Lipinski definition) is 1. The van der Waals surface area contributed by atoms with Gasteiger partial charge in [-0.2, -0.15) is 0 Å². The summed E-state index contributed by atoms with van der Waals surface area (Å²) >= 11 is 0. The van der Waals surface area contributed by atoms with Crippen LogP contribution in [-0.4, -0.2) is 17.6 Å². The van der Waals surface area contributed by atoms with E-state index in [1.165, 1.54) is 0 Å². The number of carbonyl (C=O) groups is 1. The number of rotatable bonds is 5. The Morgan fingerprint density at radius 2 is 1.44 bits per heavy atom. The molecule has 0 amide bonds. The number of benzene rings is 3. The summed E-state index contributed by atoms with van der Waals surface area (Å²) in [6.07, 6.45) is 0. The lowest BCUT2D eigenvalue weighted by Crippen LogP contribution is -2.26. The average molecular weight is 333 g/mol. The van der Waals surface area contributed by atoms with Crippen molar-refractivity contribution < 1.29 is 14.7 Å². The molecule has 25 heavy (non-hydrogen) atoms. The highest BCUT2D eigenvalue weighted by Crippen LogP contribution is 2.23. The van der Waals surface area contributed by atoms with Crippen LogP contribution in [0.5, 0.6) is 5.75 Å². The van der Waals surface area contributed by atoms with E-state index in [-0.39, 0.29) is 5.75 Å². The first kappa shape index (κ1) is 16.6. The first-order valence-electron chi connectivity index (χ1n) is 8.11. The van der Waals surface area contributed by atoms with Crippen molar-refractivity contribution in [1.82, 2.24) is 0 Å². The first-order chi connectivity index (χ1) is 12.2. The van der Waals surface area contributed by atoms with Crippen molar-refractivity contribution in [3.05, 3.63) is 84.4 Å². The van der Waals surface area contributed by atoms with Gasteiger partial charge >= 0.3 is 5.97 Å². The van der Waals surface area contributed by atoms with E-state index in [1.807, 2.05) is 61.5 Å². The maximum Gasteiger partial charge on any atom is 0.363 e. The molecule has 1 N–H and O–H groups in total. The lowest BCUT2D eigenvalue weighted by molar-refractivity contribution is 0.0456. The molecule has 0 aliphatic rings. The highest BCUT2D eigenvalue weighted by Gasteiger charge is 2.13. The third-order valence-electron chi connectivity index (χ3n) is 3.85. The predicted octanol–water partition coefficient (Wildman–Crippen LogP) is 4.66. The second-order valence-electron chi connectivity index (χ2n) is 5.53. The molecule has 0 aliphatic carbocycles. The van der Waals surface area contributed by atoms with E-state index in [4.69, 9.17) is 4.84 Å². The Bertz CT molecular complexity index is 827. The fraction of sp³-hybridized carbons (Fsp3) is 0.0952. The van der Waals surface area contributed by atoms with Gasteiger partial charge in [-0.3, -0.25) is 0 Å². The van der Waals surface area contributed by atoms with Crippen LogP contribution < -0.4 is 5.06 Å². The zero-order valence-corrected chi connectivity index (χ0v) is 13.9. The molecule has 0 aromatic heterocycles. The smallest absolute Gasteiger partial charge is 0.363 e. The summed E-state index contributed by atoms with van der Waals surface area (Å²) in [6, 6.07) is 23.6. The zero-order chi connectivity index (χ0) is 17.6. The van der Waals surface area contributed by atoms with Crippen molar-refractivity contribution in [2.24, 2.45) is 0 Å². The largest absolute Gasteiger partial charge is 0.508 e. The topological polar surface area (TPSA) is 49.8 Å². The fourth-order valence-corrected chi connectivity index (χ4v) is 2.50. The van der Waals surface area contributed by atoms with Crippen molar-refractivity contribution in [2.75, 3.05) is 11.6 Å². The second kappa shape index (κ2) is 7.53. The van der Waals surface area contributed by atoms with E-state index in [1.54, 1.807) is 29.3 Å². The number of nitrogens with zero attached hydrogens (tertiary/aromatic N) is 1. The molecule has 3 aromatic rings. The van der Waals surface area contributed by atoms with Gasteiger partial charge < -0.3 is 9.94 Å². The quantitative estimate of drug-likeness (QED) is 0.690. The van der Waals surface area contributed by atoms with E-state index >= 15 is 0 Å². The molecule has 0 fully saturated rings. The molecule has 4 nitrogen and oxygen atoms in total. The molecule has 3 aromatic carbocycles. The number of hydroxylamine groups is 1. The minimum absolute atomic E-state index is 0.226. The molecule has 0 saturated carbocycles. The number of para-hydroxylation sites is 1. The number of aromatic hydroxyl groups is 1. The molecule has 0 spiro atoms. The van der Waals surface area contributed by atoms with Crippen LogP contribution >= 0.6 is 0 Å². The highest BCUT2D eigenvalue weighted by molar-refractivity contribution is 5.90. The van der Waals surface area contributed by atoms with Gasteiger partial charge in [-0.25, -0.2) is 9.86 Å². The van der Waals surface area contributed by atoms with Crippen LogP contribution in [0.25, 0.3) is 11.1 Å². The maximum absolute atomic E-state index is 12.4. The van der Waals surface area contributed by atoms with Crippen molar-refractivity contribution in [1.29, 1.82) is 0 Å². The Morgan fingerprint density at radius 1 is 0.880 bits per heavy atom. The SMILES string of the molecule is CCN(OC(=O)c1ccc(-c2ccc(O)cc2)cc1)c1ccccc1. The normalized spacial score (nSPS) is 10.3. The van der Waals surface area contributed by atoms with E-state index in [0.29, 0.717) is 12.1 Å². The molecule has 0 heterocycles. The zero-order valence-electron chi connectivity index (χ0n) is 13.9. The molecule has 4 heteroatoms. The summed E-state index contributed by atoms with van der Waals surface area (Å²) in [5.74, 6) is -0.174. The van der Waals surface area contributed by atoms with Gasteiger partial charge in [0.15, 0.2) is 0 Å². The van der Waals surface area contributed by atoms with Crippen LogP contribution in [-0.2, 0) is 4.84 Å². The Balaban J connectivity index is 1.73. The Labute approximate surface area is 146 Å². The number of carbonyl (C=O) groups excluding carboxylic acids is 1. The molecular weight excluding hydrogens is 314 g/mol. The van der Waals surface area contributed by atoms with Crippen LogP contribution in [0.1, 0.15) is 17.3 Å². The first-order valence-corrected chi connectivity index (χ1v) is 8.11. The Morgan fingerprint density at radius 3 is 2.00 bits per heavy atom. The van der Waals surface area contributed by atoms with Crippen LogP contribution in [0, 0.1) is 0 Å². The van der Waals surface area contributed by atoms with Gasteiger partial charge in [0.05, 0.1) is 17.8 Å². The number of phenols is 1. The Hall–Kier alpha value is -3.27.